The minimum absolute atomic E-state index is 0.00223. The van der Waals surface area contributed by atoms with Gasteiger partial charge < -0.3 is 5.32 Å². The van der Waals surface area contributed by atoms with Gasteiger partial charge in [0.1, 0.15) is 6.54 Å². The van der Waals surface area contributed by atoms with Gasteiger partial charge in [0.15, 0.2) is 11.2 Å². The summed E-state index contributed by atoms with van der Waals surface area (Å²) in [4.78, 5) is 41.5. The Morgan fingerprint density at radius 3 is 2.52 bits per heavy atom. The van der Waals surface area contributed by atoms with E-state index in [1.54, 1.807) is 12.1 Å². The molecule has 2 heterocycles. The van der Waals surface area contributed by atoms with E-state index in [1.165, 1.54) is 23.2 Å². The number of imidazole rings is 1. The van der Waals surface area contributed by atoms with Gasteiger partial charge in [0, 0.05) is 36.6 Å². The number of halogens is 3. The van der Waals surface area contributed by atoms with Gasteiger partial charge in [-0.3, -0.25) is 23.3 Å². The number of aryl methyl sites for hydroxylation is 1. The van der Waals surface area contributed by atoms with Crippen LogP contribution in [0.5, 0.6) is 0 Å². The van der Waals surface area contributed by atoms with Gasteiger partial charge in [-0.05, 0) is 35.7 Å². The van der Waals surface area contributed by atoms with Gasteiger partial charge in [0.05, 0.1) is 0 Å². The van der Waals surface area contributed by atoms with Gasteiger partial charge in [-0.2, -0.15) is 4.98 Å². The monoisotopic (exact) mass is 485 g/mol. The van der Waals surface area contributed by atoms with Crippen LogP contribution in [-0.2, 0) is 25.4 Å². The Labute approximate surface area is 193 Å². The Kier molecular flexibility index (Phi) is 7.13. The fourth-order valence-corrected chi connectivity index (χ4v) is 4.34. The maximum atomic E-state index is 12.7. The Morgan fingerprint density at radius 2 is 1.87 bits per heavy atom. The molecular formula is C20H22Cl3N5O3. The number of carbonyl (C=O) groups excluding carboxylic acids is 1. The van der Waals surface area contributed by atoms with Gasteiger partial charge >= 0.3 is 5.69 Å². The standard InChI is InChI=1S/C20H22Cl3N5O3/c1-4-5-11(13-7-6-12(21)8-14(13)22)9-24-15(29)10-28-16-17(25-19(28)23)26(2)20(31)27(3)18(16)30/h6-8,11H,4-5,9-10H2,1-3H3,(H,24,29)/t11-/m1/s1. The molecule has 0 aliphatic carbocycles. The van der Waals surface area contributed by atoms with E-state index in [-0.39, 0.29) is 34.8 Å². The van der Waals surface area contributed by atoms with Gasteiger partial charge in [0.2, 0.25) is 11.2 Å². The van der Waals surface area contributed by atoms with Crippen LogP contribution in [0.25, 0.3) is 11.2 Å². The van der Waals surface area contributed by atoms with Crippen LogP contribution in [0, 0.1) is 0 Å². The van der Waals surface area contributed by atoms with Crippen molar-refractivity contribution in [3.63, 3.8) is 0 Å². The third-order valence-electron chi connectivity index (χ3n) is 5.19. The summed E-state index contributed by atoms with van der Waals surface area (Å²) >= 11 is 18.5. The molecule has 1 aromatic carbocycles. The van der Waals surface area contributed by atoms with Crippen LogP contribution >= 0.6 is 34.8 Å². The molecule has 11 heteroatoms. The fourth-order valence-electron chi connectivity index (χ4n) is 3.55. The molecule has 0 fully saturated rings. The molecule has 0 aliphatic heterocycles. The van der Waals surface area contributed by atoms with Crippen molar-refractivity contribution in [3.05, 3.63) is 59.9 Å². The summed E-state index contributed by atoms with van der Waals surface area (Å²) in [6.45, 7) is 2.20. The highest BCUT2D eigenvalue weighted by Crippen LogP contribution is 2.30. The molecule has 1 amide bonds. The summed E-state index contributed by atoms with van der Waals surface area (Å²) in [5, 5.41) is 3.93. The third kappa shape index (κ3) is 4.66. The summed E-state index contributed by atoms with van der Waals surface area (Å²) in [6.07, 6.45) is 1.72. The fraction of sp³-hybridized carbons (Fsp3) is 0.400. The molecular weight excluding hydrogens is 465 g/mol. The zero-order valence-electron chi connectivity index (χ0n) is 17.3. The quantitative estimate of drug-likeness (QED) is 0.520. The predicted molar refractivity (Wildman–Crippen MR) is 122 cm³/mol. The molecule has 8 nitrogen and oxygen atoms in total. The summed E-state index contributed by atoms with van der Waals surface area (Å²) in [6, 6.07) is 5.31. The summed E-state index contributed by atoms with van der Waals surface area (Å²) in [7, 11) is 2.85. The first-order valence-electron chi connectivity index (χ1n) is 9.69. The number of hydrogen-bond donors (Lipinski definition) is 1. The third-order valence-corrected chi connectivity index (χ3v) is 6.04. The van der Waals surface area contributed by atoms with Gasteiger partial charge in [-0.15, -0.1) is 0 Å². The van der Waals surface area contributed by atoms with E-state index in [0.29, 0.717) is 16.6 Å². The molecule has 0 saturated carbocycles. The SMILES string of the molecule is CCC[C@H](CNC(=O)Cn1c(Cl)nc2c1c(=O)n(C)c(=O)n2C)c1ccc(Cl)cc1Cl. The second-order valence-corrected chi connectivity index (χ2v) is 8.48. The van der Waals surface area contributed by atoms with Crippen LogP contribution in [-0.4, -0.2) is 31.1 Å². The van der Waals surface area contributed by atoms with E-state index in [0.717, 1.165) is 23.0 Å². The van der Waals surface area contributed by atoms with Crippen molar-refractivity contribution in [3.8, 4) is 0 Å². The smallest absolute Gasteiger partial charge is 0.332 e. The molecule has 0 radical (unpaired) electrons. The van der Waals surface area contributed by atoms with Crippen LogP contribution in [0.15, 0.2) is 27.8 Å². The van der Waals surface area contributed by atoms with Gasteiger partial charge in [0.25, 0.3) is 5.56 Å². The minimum atomic E-state index is -0.567. The molecule has 3 rings (SSSR count). The van der Waals surface area contributed by atoms with E-state index < -0.39 is 11.2 Å². The number of nitrogens with zero attached hydrogens (tertiary/aromatic N) is 4. The lowest BCUT2D eigenvalue weighted by Crippen LogP contribution is -2.38. The first kappa shape index (κ1) is 23.4. The average Bonchev–Trinajstić information content (AvgIpc) is 3.04. The zero-order chi connectivity index (χ0) is 22.9. The molecule has 3 aromatic rings. The molecule has 0 aliphatic rings. The van der Waals surface area contributed by atoms with E-state index in [1.807, 2.05) is 6.07 Å². The number of fused-ring (bicyclic) bond motifs is 1. The number of amides is 1. The molecule has 0 unspecified atom stereocenters. The number of hydrogen-bond acceptors (Lipinski definition) is 4. The van der Waals surface area contributed by atoms with Crippen LogP contribution in [0.4, 0.5) is 0 Å². The molecule has 1 N–H and O–H groups in total. The van der Waals surface area contributed by atoms with Crippen molar-refractivity contribution in [2.24, 2.45) is 14.1 Å². The van der Waals surface area contributed by atoms with Crippen LogP contribution in [0.3, 0.4) is 0 Å². The number of carbonyl (C=O) groups is 1. The zero-order valence-corrected chi connectivity index (χ0v) is 19.6. The number of rotatable bonds is 7. The Hall–Kier alpha value is -2.29. The maximum Gasteiger partial charge on any atom is 0.332 e. The first-order valence-corrected chi connectivity index (χ1v) is 10.8. The van der Waals surface area contributed by atoms with Crippen molar-refractivity contribution in [2.75, 3.05) is 6.54 Å². The van der Waals surface area contributed by atoms with E-state index in [9.17, 15) is 14.4 Å². The highest BCUT2D eigenvalue weighted by Gasteiger charge is 2.21. The summed E-state index contributed by atoms with van der Waals surface area (Å²) in [5.41, 5.74) is 0.0362. The van der Waals surface area contributed by atoms with E-state index in [4.69, 9.17) is 34.8 Å². The van der Waals surface area contributed by atoms with Crippen molar-refractivity contribution >= 4 is 51.9 Å². The predicted octanol–water partition coefficient (Wildman–Crippen LogP) is 3.09. The Balaban J connectivity index is 1.83. The van der Waals surface area contributed by atoms with Crippen LogP contribution in [0.1, 0.15) is 31.2 Å². The second kappa shape index (κ2) is 9.46. The van der Waals surface area contributed by atoms with Gasteiger partial charge in [-0.1, -0.05) is 42.6 Å². The molecule has 31 heavy (non-hydrogen) atoms. The lowest BCUT2D eigenvalue weighted by Gasteiger charge is -2.19. The molecule has 0 bridgehead atoms. The normalized spacial score (nSPS) is 12.3. The van der Waals surface area contributed by atoms with Crippen molar-refractivity contribution in [2.45, 2.75) is 32.2 Å². The highest BCUT2D eigenvalue weighted by molar-refractivity contribution is 6.35. The maximum absolute atomic E-state index is 12.7. The highest BCUT2D eigenvalue weighted by atomic mass is 35.5. The number of nitrogens with one attached hydrogen (secondary N) is 1. The second-order valence-electron chi connectivity index (χ2n) is 7.30. The molecule has 0 saturated heterocycles. The van der Waals surface area contributed by atoms with Crippen molar-refractivity contribution < 1.29 is 4.79 Å². The minimum Gasteiger partial charge on any atom is -0.354 e. The topological polar surface area (TPSA) is 90.9 Å². The molecule has 166 valence electrons. The summed E-state index contributed by atoms with van der Waals surface area (Å²) < 4.78 is 3.48. The molecule has 2 aromatic heterocycles. The Morgan fingerprint density at radius 1 is 1.16 bits per heavy atom. The lowest BCUT2D eigenvalue weighted by molar-refractivity contribution is -0.121. The van der Waals surface area contributed by atoms with Crippen molar-refractivity contribution in [1.82, 2.24) is 24.0 Å². The summed E-state index contributed by atoms with van der Waals surface area (Å²) in [5.74, 6) is -0.342. The van der Waals surface area contributed by atoms with Crippen molar-refractivity contribution in [1.29, 1.82) is 0 Å². The largest absolute Gasteiger partial charge is 0.354 e. The van der Waals surface area contributed by atoms with E-state index in [2.05, 4.69) is 17.2 Å². The van der Waals surface area contributed by atoms with Gasteiger partial charge in [-0.25, -0.2) is 4.79 Å². The van der Waals surface area contributed by atoms with Crippen LogP contribution < -0.4 is 16.6 Å². The molecule has 1 atom stereocenters. The first-order chi connectivity index (χ1) is 14.6. The van der Waals surface area contributed by atoms with Crippen LogP contribution in [0.2, 0.25) is 15.3 Å². The number of benzene rings is 1. The Bertz CT molecular complexity index is 1260. The number of aromatic nitrogens is 4. The average molecular weight is 487 g/mol. The lowest BCUT2D eigenvalue weighted by atomic mass is 9.94. The van der Waals surface area contributed by atoms with E-state index >= 15 is 0 Å². The molecule has 0 spiro atoms.